The van der Waals surface area contributed by atoms with Crippen molar-refractivity contribution in [2.45, 2.75) is 362 Å². The van der Waals surface area contributed by atoms with E-state index in [2.05, 4.69) is 41.5 Å². The molecule has 0 aliphatic rings. The van der Waals surface area contributed by atoms with Gasteiger partial charge >= 0.3 is 39.5 Å². The molecule has 19 heteroatoms. The minimum absolute atomic E-state index is 0.103. The van der Waals surface area contributed by atoms with Gasteiger partial charge in [0.1, 0.15) is 19.3 Å². The van der Waals surface area contributed by atoms with Crippen LogP contribution < -0.4 is 0 Å². The van der Waals surface area contributed by atoms with Crippen LogP contribution in [0.2, 0.25) is 0 Å². The van der Waals surface area contributed by atoms with Gasteiger partial charge in [0.2, 0.25) is 0 Å². The number of carbonyl (C=O) groups excluding carboxylic acids is 4. The average Bonchev–Trinajstić information content (AvgIpc) is 3.66. The molecule has 0 amide bonds. The third-order valence-electron chi connectivity index (χ3n) is 15.7. The topological polar surface area (TPSA) is 237 Å². The standard InChI is InChI=1S/C68H132O17P2/c1-7-9-11-13-15-16-17-18-19-20-24-27-33-39-45-51-66(71)79-57-64(84-67(72)52-46-40-34-28-25-22-21-23-26-31-36-42-48-60(3)4)59-83-87(76,77)81-55-62(69)54-80-86(74,75)82-58-63(56-78-65(70)50-44-38-30-14-12-10-8-2)85-68(73)53-47-41-35-29-32-37-43-49-61(5)6/h60-64,69H,7-59H2,1-6H3,(H,74,75)(H,76,77)/t62-,63+,64+/m0/s1. The van der Waals surface area contributed by atoms with Gasteiger partial charge in [-0.1, -0.05) is 292 Å². The Balaban J connectivity index is 5.21. The van der Waals surface area contributed by atoms with Crippen LogP contribution in [0.15, 0.2) is 0 Å². The fourth-order valence-corrected chi connectivity index (χ4v) is 11.8. The van der Waals surface area contributed by atoms with Crippen molar-refractivity contribution in [3.05, 3.63) is 0 Å². The summed E-state index contributed by atoms with van der Waals surface area (Å²) in [7, 11) is -9.89. The van der Waals surface area contributed by atoms with Gasteiger partial charge < -0.3 is 33.8 Å². The molecule has 516 valence electrons. The lowest BCUT2D eigenvalue weighted by Gasteiger charge is -2.21. The largest absolute Gasteiger partial charge is 0.472 e. The zero-order chi connectivity index (χ0) is 64.3. The summed E-state index contributed by atoms with van der Waals surface area (Å²) in [5.74, 6) is -0.660. The Morgan fingerprint density at radius 3 is 0.782 bits per heavy atom. The van der Waals surface area contributed by atoms with Gasteiger partial charge in [0.15, 0.2) is 12.2 Å². The molecule has 0 spiro atoms. The van der Waals surface area contributed by atoms with E-state index in [1.165, 1.54) is 148 Å². The third kappa shape index (κ3) is 62.6. The number of phosphoric acid groups is 2. The Labute approximate surface area is 530 Å². The maximum absolute atomic E-state index is 13.0. The Kier molecular flexibility index (Phi) is 59.0. The number of aliphatic hydroxyl groups is 1. The lowest BCUT2D eigenvalue weighted by molar-refractivity contribution is -0.161. The Morgan fingerprint density at radius 1 is 0.310 bits per heavy atom. The molecular formula is C68H132O17P2. The van der Waals surface area contributed by atoms with Gasteiger partial charge in [-0.2, -0.15) is 0 Å². The molecule has 0 bridgehead atoms. The van der Waals surface area contributed by atoms with Gasteiger partial charge in [-0.3, -0.25) is 37.3 Å². The second-order valence-corrected chi connectivity index (χ2v) is 28.4. The van der Waals surface area contributed by atoms with Gasteiger partial charge in [0.05, 0.1) is 26.4 Å². The Morgan fingerprint density at radius 2 is 0.529 bits per heavy atom. The van der Waals surface area contributed by atoms with Crippen molar-refractivity contribution in [2.24, 2.45) is 11.8 Å². The van der Waals surface area contributed by atoms with Crippen molar-refractivity contribution in [1.29, 1.82) is 0 Å². The molecule has 87 heavy (non-hydrogen) atoms. The van der Waals surface area contributed by atoms with Crippen LogP contribution in [0.3, 0.4) is 0 Å². The van der Waals surface area contributed by atoms with Crippen molar-refractivity contribution < 1.29 is 80.2 Å². The number of carbonyl (C=O) groups is 4. The molecule has 0 radical (unpaired) electrons. The first-order chi connectivity index (χ1) is 41.9. The quantitative estimate of drug-likeness (QED) is 0.0222. The summed E-state index contributed by atoms with van der Waals surface area (Å²) in [6, 6.07) is 0. The summed E-state index contributed by atoms with van der Waals surface area (Å²) < 4.78 is 68.1. The van der Waals surface area contributed by atoms with Crippen molar-refractivity contribution in [3.63, 3.8) is 0 Å². The predicted molar refractivity (Wildman–Crippen MR) is 349 cm³/mol. The zero-order valence-electron chi connectivity index (χ0n) is 56.3. The first-order valence-corrected chi connectivity index (χ1v) is 38.5. The highest BCUT2D eigenvalue weighted by Crippen LogP contribution is 2.45. The summed E-state index contributed by atoms with van der Waals surface area (Å²) in [6.07, 6.45) is 44.6. The molecule has 17 nitrogen and oxygen atoms in total. The van der Waals surface area contributed by atoms with Crippen molar-refractivity contribution in [3.8, 4) is 0 Å². The third-order valence-corrected chi connectivity index (χ3v) is 17.6. The number of ether oxygens (including phenoxy) is 4. The molecule has 3 N–H and O–H groups in total. The van der Waals surface area contributed by atoms with E-state index in [-0.39, 0.29) is 25.7 Å². The summed E-state index contributed by atoms with van der Waals surface area (Å²) in [6.45, 7) is 9.44. The highest BCUT2D eigenvalue weighted by molar-refractivity contribution is 7.47. The van der Waals surface area contributed by atoms with E-state index in [0.29, 0.717) is 31.6 Å². The van der Waals surface area contributed by atoms with Crippen LogP contribution in [0, 0.1) is 11.8 Å². The zero-order valence-corrected chi connectivity index (χ0v) is 58.1. The fourth-order valence-electron chi connectivity index (χ4n) is 10.2. The van der Waals surface area contributed by atoms with Gasteiger partial charge in [0, 0.05) is 25.7 Å². The Bertz CT molecular complexity index is 1700. The normalized spacial score (nSPS) is 14.2. The number of phosphoric ester groups is 2. The number of aliphatic hydroxyl groups excluding tert-OH is 1. The van der Waals surface area contributed by atoms with E-state index in [0.717, 1.165) is 109 Å². The highest BCUT2D eigenvalue weighted by Gasteiger charge is 2.30. The monoisotopic (exact) mass is 1280 g/mol. The van der Waals surface area contributed by atoms with E-state index >= 15 is 0 Å². The van der Waals surface area contributed by atoms with Crippen LogP contribution in [0.4, 0.5) is 0 Å². The second-order valence-electron chi connectivity index (χ2n) is 25.5. The lowest BCUT2D eigenvalue weighted by Crippen LogP contribution is -2.30. The van der Waals surface area contributed by atoms with E-state index < -0.39 is 97.5 Å². The molecule has 0 rings (SSSR count). The summed E-state index contributed by atoms with van der Waals surface area (Å²) in [5.41, 5.74) is 0. The molecular weight excluding hydrogens is 1150 g/mol. The molecule has 0 aliphatic carbocycles. The van der Waals surface area contributed by atoms with Crippen LogP contribution in [-0.4, -0.2) is 96.7 Å². The second kappa shape index (κ2) is 60.3. The van der Waals surface area contributed by atoms with Gasteiger partial charge in [-0.25, -0.2) is 9.13 Å². The van der Waals surface area contributed by atoms with E-state index in [9.17, 15) is 43.2 Å². The van der Waals surface area contributed by atoms with Gasteiger partial charge in [-0.05, 0) is 37.5 Å². The van der Waals surface area contributed by atoms with E-state index in [4.69, 9.17) is 37.0 Å². The molecule has 0 saturated heterocycles. The molecule has 0 aliphatic heterocycles. The highest BCUT2D eigenvalue weighted by atomic mass is 31.2. The number of rotatable bonds is 67. The van der Waals surface area contributed by atoms with Crippen LogP contribution >= 0.6 is 15.6 Å². The van der Waals surface area contributed by atoms with E-state index in [1.807, 2.05) is 0 Å². The summed E-state index contributed by atoms with van der Waals surface area (Å²) in [5, 5.41) is 10.6. The molecule has 0 aromatic heterocycles. The summed E-state index contributed by atoms with van der Waals surface area (Å²) >= 11 is 0. The molecule has 0 aromatic carbocycles. The van der Waals surface area contributed by atoms with Crippen LogP contribution in [-0.2, 0) is 65.4 Å². The molecule has 0 fully saturated rings. The minimum Gasteiger partial charge on any atom is -0.462 e. The van der Waals surface area contributed by atoms with Crippen molar-refractivity contribution in [2.75, 3.05) is 39.6 Å². The molecule has 2 unspecified atom stereocenters. The molecule has 0 aromatic rings. The first kappa shape index (κ1) is 85.1. The number of unbranched alkanes of at least 4 members (excludes halogenated alkanes) is 37. The van der Waals surface area contributed by atoms with Crippen molar-refractivity contribution >= 4 is 39.5 Å². The molecule has 0 saturated carbocycles. The summed E-state index contributed by atoms with van der Waals surface area (Å²) in [4.78, 5) is 72.3. The molecule has 0 heterocycles. The van der Waals surface area contributed by atoms with Crippen LogP contribution in [0.25, 0.3) is 0 Å². The lowest BCUT2D eigenvalue weighted by atomic mass is 10.0. The number of hydrogen-bond donors (Lipinski definition) is 3. The van der Waals surface area contributed by atoms with Crippen molar-refractivity contribution in [1.82, 2.24) is 0 Å². The predicted octanol–water partition coefficient (Wildman–Crippen LogP) is 19.2. The maximum Gasteiger partial charge on any atom is 0.472 e. The fraction of sp³-hybridized carbons (Fsp3) is 0.941. The maximum atomic E-state index is 13.0. The average molecular weight is 1280 g/mol. The number of hydrogen-bond acceptors (Lipinski definition) is 15. The first-order valence-electron chi connectivity index (χ1n) is 35.5. The van der Waals surface area contributed by atoms with Gasteiger partial charge in [-0.15, -0.1) is 0 Å². The minimum atomic E-state index is -4.95. The number of esters is 4. The smallest absolute Gasteiger partial charge is 0.462 e. The Hall–Kier alpha value is -1.94. The van der Waals surface area contributed by atoms with E-state index in [1.54, 1.807) is 0 Å². The van der Waals surface area contributed by atoms with Gasteiger partial charge in [0.25, 0.3) is 0 Å². The molecule has 5 atom stereocenters. The van der Waals surface area contributed by atoms with Crippen LogP contribution in [0.1, 0.15) is 343 Å². The SMILES string of the molecule is CCCCCCCCCCCCCCCCCC(=O)OC[C@H](COP(=O)(O)OC[C@@H](O)COP(=O)(O)OC[C@@H](COC(=O)CCCCCCCCC)OC(=O)CCCCCCCCCC(C)C)OC(=O)CCCCCCCCCCCCCCC(C)C. The van der Waals surface area contributed by atoms with Crippen LogP contribution in [0.5, 0.6) is 0 Å².